The summed E-state index contributed by atoms with van der Waals surface area (Å²) in [6, 6.07) is 25.4. The average molecular weight is 425 g/mol. The number of benzene rings is 3. The van der Waals surface area contributed by atoms with Crippen LogP contribution in [0.1, 0.15) is 32.7 Å². The molecule has 32 heavy (non-hydrogen) atoms. The Balaban J connectivity index is 1.43. The second-order valence-electron chi connectivity index (χ2n) is 7.55. The Morgan fingerprint density at radius 3 is 2.44 bits per heavy atom. The zero-order valence-corrected chi connectivity index (χ0v) is 18.0. The van der Waals surface area contributed by atoms with Crippen LogP contribution in [0, 0.1) is 13.8 Å². The normalized spacial score (nSPS) is 10.9. The van der Waals surface area contributed by atoms with Crippen LogP contribution in [0.15, 0.2) is 84.0 Å². The molecule has 0 atom stereocenters. The first-order chi connectivity index (χ1) is 15.6. The zero-order valence-electron chi connectivity index (χ0n) is 18.0. The van der Waals surface area contributed by atoms with Crippen LogP contribution in [-0.2, 0) is 6.61 Å². The lowest BCUT2D eigenvalue weighted by atomic mass is 10.1. The van der Waals surface area contributed by atoms with Crippen LogP contribution in [0.5, 0.6) is 5.75 Å². The SMILES string of the molecule is Cc1ccc(/C=N/NC(=O)c2cc(-c3ccccc3OCc3ccc(C)cc3)n[nH]2)cc1. The molecule has 3 aromatic carbocycles. The number of amides is 1. The van der Waals surface area contributed by atoms with E-state index in [-0.39, 0.29) is 5.91 Å². The van der Waals surface area contributed by atoms with Crippen LogP contribution in [0.25, 0.3) is 11.3 Å². The summed E-state index contributed by atoms with van der Waals surface area (Å²) in [4.78, 5) is 12.4. The number of carbonyl (C=O) groups is 1. The van der Waals surface area contributed by atoms with Gasteiger partial charge in [0.25, 0.3) is 5.91 Å². The predicted molar refractivity (Wildman–Crippen MR) is 126 cm³/mol. The molecule has 1 heterocycles. The summed E-state index contributed by atoms with van der Waals surface area (Å²) in [7, 11) is 0. The lowest BCUT2D eigenvalue weighted by molar-refractivity contribution is 0.0950. The fraction of sp³-hybridized carbons (Fsp3) is 0.115. The van der Waals surface area contributed by atoms with Crippen molar-refractivity contribution in [1.29, 1.82) is 0 Å². The molecule has 1 aromatic heterocycles. The fourth-order valence-electron chi connectivity index (χ4n) is 3.10. The monoisotopic (exact) mass is 424 g/mol. The van der Waals surface area contributed by atoms with Gasteiger partial charge < -0.3 is 4.74 Å². The van der Waals surface area contributed by atoms with E-state index in [1.807, 2.05) is 67.6 Å². The van der Waals surface area contributed by atoms with E-state index in [2.05, 4.69) is 39.8 Å². The highest BCUT2D eigenvalue weighted by Crippen LogP contribution is 2.29. The van der Waals surface area contributed by atoms with E-state index in [0.29, 0.717) is 23.7 Å². The van der Waals surface area contributed by atoms with Gasteiger partial charge in [0, 0.05) is 5.56 Å². The number of nitrogens with one attached hydrogen (secondary N) is 2. The van der Waals surface area contributed by atoms with E-state index < -0.39 is 0 Å². The van der Waals surface area contributed by atoms with E-state index in [9.17, 15) is 4.79 Å². The van der Waals surface area contributed by atoms with Crippen LogP contribution < -0.4 is 10.2 Å². The van der Waals surface area contributed by atoms with Crippen molar-refractivity contribution in [3.8, 4) is 17.0 Å². The minimum atomic E-state index is -0.370. The maximum Gasteiger partial charge on any atom is 0.289 e. The van der Waals surface area contributed by atoms with Gasteiger partial charge >= 0.3 is 0 Å². The molecule has 0 saturated carbocycles. The Morgan fingerprint density at radius 1 is 1.00 bits per heavy atom. The van der Waals surface area contributed by atoms with Crippen molar-refractivity contribution in [1.82, 2.24) is 15.6 Å². The van der Waals surface area contributed by atoms with E-state index in [1.165, 1.54) is 11.1 Å². The molecule has 6 nitrogen and oxygen atoms in total. The quantitative estimate of drug-likeness (QED) is 0.322. The maximum atomic E-state index is 12.4. The first kappa shape index (κ1) is 21.1. The van der Waals surface area contributed by atoms with Gasteiger partial charge in [-0.25, -0.2) is 5.43 Å². The zero-order chi connectivity index (χ0) is 22.3. The molecule has 1 amide bonds. The largest absolute Gasteiger partial charge is 0.488 e. The van der Waals surface area contributed by atoms with Gasteiger partial charge in [0.1, 0.15) is 18.1 Å². The first-order valence-electron chi connectivity index (χ1n) is 10.3. The lowest BCUT2D eigenvalue weighted by Gasteiger charge is -2.10. The topological polar surface area (TPSA) is 79.4 Å². The molecule has 0 aliphatic carbocycles. The predicted octanol–water partition coefficient (Wildman–Crippen LogP) is 5.04. The second-order valence-corrected chi connectivity index (χ2v) is 7.55. The van der Waals surface area contributed by atoms with Crippen LogP contribution in [0.4, 0.5) is 0 Å². The number of carbonyl (C=O) groups excluding carboxylic acids is 1. The van der Waals surface area contributed by atoms with Gasteiger partial charge in [-0.3, -0.25) is 9.89 Å². The van der Waals surface area contributed by atoms with Gasteiger partial charge in [-0.15, -0.1) is 0 Å². The van der Waals surface area contributed by atoms with E-state index >= 15 is 0 Å². The highest BCUT2D eigenvalue weighted by Gasteiger charge is 2.13. The number of hydrogen-bond donors (Lipinski definition) is 2. The van der Waals surface area contributed by atoms with Crippen molar-refractivity contribution >= 4 is 12.1 Å². The summed E-state index contributed by atoms with van der Waals surface area (Å²) in [5.74, 6) is 0.328. The van der Waals surface area contributed by atoms with Crippen LogP contribution in [-0.4, -0.2) is 22.3 Å². The van der Waals surface area contributed by atoms with Gasteiger partial charge in [0.15, 0.2) is 0 Å². The molecule has 0 spiro atoms. The molecule has 0 unspecified atom stereocenters. The third-order valence-corrected chi connectivity index (χ3v) is 4.96. The molecule has 0 aliphatic rings. The van der Waals surface area contributed by atoms with Gasteiger partial charge in [0.05, 0.1) is 11.9 Å². The van der Waals surface area contributed by atoms with Gasteiger partial charge in [-0.05, 0) is 43.2 Å². The summed E-state index contributed by atoms with van der Waals surface area (Å²) in [6.07, 6.45) is 1.60. The Bertz CT molecular complexity index is 1230. The van der Waals surface area contributed by atoms with Gasteiger partial charge in [-0.1, -0.05) is 71.8 Å². The number of aromatic nitrogens is 2. The van der Waals surface area contributed by atoms with Crippen LogP contribution in [0.3, 0.4) is 0 Å². The van der Waals surface area contributed by atoms with E-state index in [4.69, 9.17) is 4.74 Å². The molecule has 0 bridgehead atoms. The first-order valence-corrected chi connectivity index (χ1v) is 10.3. The Labute approximate surface area is 187 Å². The molecule has 0 aliphatic heterocycles. The Morgan fingerprint density at radius 2 is 1.69 bits per heavy atom. The lowest BCUT2D eigenvalue weighted by Crippen LogP contribution is -2.17. The number of H-pyrrole nitrogens is 1. The number of ether oxygens (including phenoxy) is 1. The number of nitrogens with zero attached hydrogens (tertiary/aromatic N) is 2. The number of para-hydroxylation sites is 1. The molecule has 4 rings (SSSR count). The molecular weight excluding hydrogens is 400 g/mol. The summed E-state index contributed by atoms with van der Waals surface area (Å²) in [6.45, 7) is 4.52. The number of hydrazone groups is 1. The van der Waals surface area contributed by atoms with Crippen LogP contribution >= 0.6 is 0 Å². The molecule has 2 N–H and O–H groups in total. The summed E-state index contributed by atoms with van der Waals surface area (Å²) < 4.78 is 6.03. The summed E-state index contributed by atoms with van der Waals surface area (Å²) in [5, 5.41) is 11.1. The Hall–Kier alpha value is -4.19. The highest BCUT2D eigenvalue weighted by atomic mass is 16.5. The van der Waals surface area contributed by atoms with Crippen molar-refractivity contribution in [2.24, 2.45) is 5.10 Å². The van der Waals surface area contributed by atoms with E-state index in [1.54, 1.807) is 12.3 Å². The van der Waals surface area contributed by atoms with E-state index in [0.717, 1.165) is 16.7 Å². The minimum absolute atomic E-state index is 0.314. The molecule has 6 heteroatoms. The van der Waals surface area contributed by atoms with Gasteiger partial charge in [-0.2, -0.15) is 10.2 Å². The molecular formula is C26H24N4O2. The smallest absolute Gasteiger partial charge is 0.289 e. The average Bonchev–Trinajstić information content (AvgIpc) is 3.30. The van der Waals surface area contributed by atoms with Crippen molar-refractivity contribution < 1.29 is 9.53 Å². The highest BCUT2D eigenvalue weighted by molar-refractivity contribution is 5.94. The van der Waals surface area contributed by atoms with Crippen molar-refractivity contribution in [2.45, 2.75) is 20.5 Å². The van der Waals surface area contributed by atoms with Crippen LogP contribution in [0.2, 0.25) is 0 Å². The van der Waals surface area contributed by atoms with Crippen molar-refractivity contribution in [3.05, 3.63) is 107 Å². The van der Waals surface area contributed by atoms with Crippen molar-refractivity contribution in [3.63, 3.8) is 0 Å². The maximum absolute atomic E-state index is 12.4. The van der Waals surface area contributed by atoms with Gasteiger partial charge in [0.2, 0.25) is 0 Å². The number of aryl methyl sites for hydroxylation is 2. The number of rotatable bonds is 7. The number of hydrogen-bond acceptors (Lipinski definition) is 4. The standard InChI is InChI=1S/C26H24N4O2/c1-18-7-11-20(12-8-18)16-27-30-26(31)24-15-23(28-29-24)22-5-3-4-6-25(22)32-17-21-13-9-19(2)10-14-21/h3-16H,17H2,1-2H3,(H,28,29)(H,30,31)/b27-16+. The fourth-order valence-corrected chi connectivity index (χ4v) is 3.10. The molecule has 0 saturated heterocycles. The summed E-state index contributed by atoms with van der Waals surface area (Å²) >= 11 is 0. The number of aromatic amines is 1. The minimum Gasteiger partial charge on any atom is -0.488 e. The third kappa shape index (κ3) is 5.29. The second kappa shape index (κ2) is 9.75. The third-order valence-electron chi connectivity index (χ3n) is 4.96. The molecule has 0 radical (unpaired) electrons. The summed E-state index contributed by atoms with van der Waals surface area (Å²) in [5.41, 5.74) is 8.62. The Kier molecular flexibility index (Phi) is 6.41. The molecule has 160 valence electrons. The van der Waals surface area contributed by atoms with Crippen molar-refractivity contribution in [2.75, 3.05) is 0 Å². The molecule has 4 aromatic rings. The molecule has 0 fully saturated rings.